The number of anilines is 2. The molecule has 1 aliphatic heterocycles. The van der Waals surface area contributed by atoms with Gasteiger partial charge in [-0.2, -0.15) is 0 Å². The zero-order valence-corrected chi connectivity index (χ0v) is 14.3. The monoisotopic (exact) mass is 347 g/mol. The third kappa shape index (κ3) is 3.24. The molecule has 1 atom stereocenters. The fraction of sp³-hybridized carbons (Fsp3) is 0.312. The normalized spacial score (nSPS) is 16.1. The Morgan fingerprint density at radius 2 is 2.29 bits per heavy atom. The number of carbonyl (C=O) groups excluding carboxylic acids is 2. The highest BCUT2D eigenvalue weighted by atomic mass is 32.1. The number of hydrogen-bond acceptors (Lipinski definition) is 6. The Hall–Kier alpha value is -2.45. The number of carbonyl (C=O) groups is 2. The van der Waals surface area contributed by atoms with Crippen LogP contribution >= 0.6 is 11.3 Å². The summed E-state index contributed by atoms with van der Waals surface area (Å²) < 4.78 is 10.3. The first-order valence-electron chi connectivity index (χ1n) is 7.36. The van der Waals surface area contributed by atoms with Gasteiger partial charge in [-0.05, 0) is 32.0 Å². The Balaban J connectivity index is 1.87. The summed E-state index contributed by atoms with van der Waals surface area (Å²) in [7, 11) is 1.46. The van der Waals surface area contributed by atoms with Crippen molar-refractivity contribution >= 4 is 34.0 Å². The number of fused-ring (bicyclic) bond motifs is 1. The zero-order valence-electron chi connectivity index (χ0n) is 13.5. The van der Waals surface area contributed by atoms with Gasteiger partial charge in [-0.15, -0.1) is 11.3 Å². The molecule has 3 rings (SSSR count). The molecule has 0 saturated heterocycles. The van der Waals surface area contributed by atoms with Gasteiger partial charge in [0.1, 0.15) is 12.4 Å². The highest BCUT2D eigenvalue weighted by molar-refractivity contribution is 7.16. The van der Waals surface area contributed by atoms with Crippen LogP contribution < -0.4 is 15.4 Å². The first kappa shape index (κ1) is 16.4. The van der Waals surface area contributed by atoms with Crippen LogP contribution in [0.15, 0.2) is 18.2 Å². The van der Waals surface area contributed by atoms with Crippen LogP contribution in [0.4, 0.5) is 10.8 Å². The van der Waals surface area contributed by atoms with E-state index >= 15 is 0 Å². The molecule has 2 amide bonds. The van der Waals surface area contributed by atoms with Gasteiger partial charge in [0.05, 0.1) is 11.4 Å². The molecule has 0 radical (unpaired) electrons. The summed E-state index contributed by atoms with van der Waals surface area (Å²) in [4.78, 5) is 28.8. The lowest BCUT2D eigenvalue weighted by Gasteiger charge is -2.23. The van der Waals surface area contributed by atoms with E-state index in [0.29, 0.717) is 16.6 Å². The number of nitrogens with one attached hydrogen (secondary N) is 2. The van der Waals surface area contributed by atoms with Crippen LogP contribution in [0.2, 0.25) is 0 Å². The smallest absolute Gasteiger partial charge is 0.265 e. The number of nitrogens with zero attached hydrogens (tertiary/aromatic N) is 1. The fourth-order valence-electron chi connectivity index (χ4n) is 2.36. The molecule has 24 heavy (non-hydrogen) atoms. The number of amides is 2. The van der Waals surface area contributed by atoms with E-state index in [0.717, 1.165) is 16.1 Å². The number of methoxy groups -OCH3 is 1. The number of benzene rings is 1. The predicted molar refractivity (Wildman–Crippen MR) is 91.5 cm³/mol. The van der Waals surface area contributed by atoms with Crippen LogP contribution in [0.25, 0.3) is 11.3 Å². The number of aryl methyl sites for hydroxylation is 1. The van der Waals surface area contributed by atoms with Gasteiger partial charge in [0.15, 0.2) is 11.2 Å². The Labute approximate surface area is 143 Å². The molecular weight excluding hydrogens is 330 g/mol. The van der Waals surface area contributed by atoms with Gasteiger partial charge in [0.25, 0.3) is 11.8 Å². The van der Waals surface area contributed by atoms with Crippen molar-refractivity contribution in [3.8, 4) is 17.0 Å². The summed E-state index contributed by atoms with van der Waals surface area (Å²) in [5.74, 6) is 0.201. The summed E-state index contributed by atoms with van der Waals surface area (Å²) in [6.45, 7) is 3.61. The number of hydrogen-bond donors (Lipinski definition) is 2. The molecule has 1 aliphatic rings. The minimum atomic E-state index is -0.507. The molecule has 1 aromatic carbocycles. The first-order chi connectivity index (χ1) is 11.5. The summed E-state index contributed by atoms with van der Waals surface area (Å²) >= 11 is 1.38. The van der Waals surface area contributed by atoms with E-state index in [-0.39, 0.29) is 18.4 Å². The second-order valence-electron chi connectivity index (χ2n) is 5.37. The van der Waals surface area contributed by atoms with E-state index in [9.17, 15) is 9.59 Å². The Bertz CT molecular complexity index is 803. The topological polar surface area (TPSA) is 89.5 Å². The van der Waals surface area contributed by atoms with Crippen LogP contribution in [0.1, 0.15) is 11.8 Å². The molecule has 0 bridgehead atoms. The predicted octanol–water partition coefficient (Wildman–Crippen LogP) is 2.42. The SMILES string of the molecule is COCC(=O)Nc1nc(-c2ccc3c(c2)NC(=O)C(C)O3)c(C)s1. The maximum Gasteiger partial charge on any atom is 0.265 e. The fourth-order valence-corrected chi connectivity index (χ4v) is 3.21. The average Bonchev–Trinajstić information content (AvgIpc) is 2.88. The summed E-state index contributed by atoms with van der Waals surface area (Å²) in [5, 5.41) is 6.03. The Morgan fingerprint density at radius 1 is 1.50 bits per heavy atom. The molecule has 0 aliphatic carbocycles. The molecule has 2 heterocycles. The Kier molecular flexibility index (Phi) is 4.50. The van der Waals surface area contributed by atoms with Gasteiger partial charge in [-0.3, -0.25) is 14.9 Å². The van der Waals surface area contributed by atoms with E-state index in [1.54, 1.807) is 6.92 Å². The number of aromatic nitrogens is 1. The largest absolute Gasteiger partial charge is 0.479 e. The van der Waals surface area contributed by atoms with E-state index in [1.165, 1.54) is 18.4 Å². The molecule has 0 saturated carbocycles. The second-order valence-corrected chi connectivity index (χ2v) is 6.57. The average molecular weight is 347 g/mol. The molecule has 1 unspecified atom stereocenters. The van der Waals surface area contributed by atoms with E-state index in [4.69, 9.17) is 9.47 Å². The maximum atomic E-state index is 11.7. The van der Waals surface area contributed by atoms with Crippen molar-refractivity contribution in [3.05, 3.63) is 23.1 Å². The highest BCUT2D eigenvalue weighted by Gasteiger charge is 2.24. The van der Waals surface area contributed by atoms with Crippen molar-refractivity contribution < 1.29 is 19.1 Å². The van der Waals surface area contributed by atoms with Crippen molar-refractivity contribution in [2.75, 3.05) is 24.4 Å². The third-order valence-electron chi connectivity index (χ3n) is 3.50. The molecule has 7 nitrogen and oxygen atoms in total. The van der Waals surface area contributed by atoms with Crippen LogP contribution in [-0.4, -0.2) is 36.6 Å². The first-order valence-corrected chi connectivity index (χ1v) is 8.17. The van der Waals surface area contributed by atoms with Crippen LogP contribution in [0.3, 0.4) is 0 Å². The zero-order chi connectivity index (χ0) is 17.3. The van der Waals surface area contributed by atoms with E-state index in [1.807, 2.05) is 25.1 Å². The van der Waals surface area contributed by atoms with Crippen LogP contribution in [0, 0.1) is 6.92 Å². The van der Waals surface area contributed by atoms with Gasteiger partial charge >= 0.3 is 0 Å². The summed E-state index contributed by atoms with van der Waals surface area (Å²) in [6.07, 6.45) is -0.507. The van der Waals surface area contributed by atoms with E-state index in [2.05, 4.69) is 15.6 Å². The minimum absolute atomic E-state index is 0.0195. The maximum absolute atomic E-state index is 11.7. The van der Waals surface area contributed by atoms with Crippen LogP contribution in [0.5, 0.6) is 5.75 Å². The Morgan fingerprint density at radius 3 is 3.04 bits per heavy atom. The van der Waals surface area contributed by atoms with Crippen molar-refractivity contribution in [3.63, 3.8) is 0 Å². The van der Waals surface area contributed by atoms with Gasteiger partial charge < -0.3 is 14.8 Å². The van der Waals surface area contributed by atoms with Gasteiger partial charge in [-0.25, -0.2) is 4.98 Å². The lowest BCUT2D eigenvalue weighted by molar-refractivity contribution is -0.122. The third-order valence-corrected chi connectivity index (χ3v) is 4.39. The standard InChI is InChI=1S/C16H17N3O4S/c1-8-15(21)17-11-6-10(4-5-12(11)23-8)14-9(2)24-16(19-14)18-13(20)7-22-3/h4-6,8H,7H2,1-3H3,(H,17,21)(H,18,19,20). The van der Waals surface area contributed by atoms with Gasteiger partial charge in [0.2, 0.25) is 0 Å². The lowest BCUT2D eigenvalue weighted by atomic mass is 10.1. The number of rotatable bonds is 4. The highest BCUT2D eigenvalue weighted by Crippen LogP contribution is 2.36. The summed E-state index contributed by atoms with van der Waals surface area (Å²) in [5.41, 5.74) is 2.21. The molecule has 8 heteroatoms. The quantitative estimate of drug-likeness (QED) is 0.886. The molecule has 2 aromatic rings. The van der Waals surface area contributed by atoms with E-state index < -0.39 is 6.10 Å². The molecular formula is C16H17N3O4S. The summed E-state index contributed by atoms with van der Waals surface area (Å²) in [6, 6.07) is 5.51. The van der Waals surface area contributed by atoms with Crippen molar-refractivity contribution in [1.82, 2.24) is 4.98 Å². The lowest BCUT2D eigenvalue weighted by Crippen LogP contribution is -2.34. The molecule has 0 spiro atoms. The van der Waals surface area contributed by atoms with Crippen molar-refractivity contribution in [2.24, 2.45) is 0 Å². The van der Waals surface area contributed by atoms with Gasteiger partial charge in [0, 0.05) is 17.6 Å². The number of ether oxygens (including phenoxy) is 2. The molecule has 1 aromatic heterocycles. The van der Waals surface area contributed by atoms with Crippen molar-refractivity contribution in [1.29, 1.82) is 0 Å². The minimum Gasteiger partial charge on any atom is -0.479 e. The van der Waals surface area contributed by atoms with Gasteiger partial charge in [-0.1, -0.05) is 0 Å². The van der Waals surface area contributed by atoms with Crippen molar-refractivity contribution in [2.45, 2.75) is 20.0 Å². The number of thiazole rings is 1. The second kappa shape index (κ2) is 6.58. The molecule has 126 valence electrons. The van der Waals surface area contributed by atoms with Crippen LogP contribution in [-0.2, 0) is 14.3 Å². The molecule has 0 fully saturated rings. The molecule has 2 N–H and O–H groups in total.